The average molecular weight is 246 g/mol. The molecule has 15 heavy (non-hydrogen) atoms. The highest BCUT2D eigenvalue weighted by molar-refractivity contribution is 7.17. The molecule has 0 amide bonds. The first-order valence-corrected chi connectivity index (χ1v) is 5.77. The maximum atomic E-state index is 11.9. The van der Waals surface area contributed by atoms with E-state index in [1.807, 2.05) is 11.4 Å². The molecule has 0 aromatic carbocycles. The quantitative estimate of drug-likeness (QED) is 0.664. The van der Waals surface area contributed by atoms with Gasteiger partial charge in [-0.25, -0.2) is 4.98 Å². The van der Waals surface area contributed by atoms with Crippen molar-refractivity contribution in [3.8, 4) is 0 Å². The zero-order valence-corrected chi connectivity index (χ0v) is 9.41. The highest BCUT2D eigenvalue weighted by atomic mass is 35.5. The molecule has 80 valence electrons. The molecule has 0 aliphatic rings. The molecule has 0 saturated carbocycles. The van der Waals surface area contributed by atoms with E-state index in [0.29, 0.717) is 18.8 Å². The third-order valence-corrected chi connectivity index (χ3v) is 2.96. The summed E-state index contributed by atoms with van der Waals surface area (Å²) in [7, 11) is 0. The van der Waals surface area contributed by atoms with Crippen LogP contribution in [0.15, 0.2) is 11.4 Å². The fourth-order valence-electron chi connectivity index (χ4n) is 1.23. The van der Waals surface area contributed by atoms with Crippen LogP contribution in [0.2, 0.25) is 5.28 Å². The Labute approximate surface area is 95.3 Å². The molecule has 0 saturated heterocycles. The first kappa shape index (κ1) is 10.6. The minimum Gasteiger partial charge on any atom is -0.369 e. The van der Waals surface area contributed by atoms with Gasteiger partial charge in [0.2, 0.25) is 5.28 Å². The molecule has 1 N–H and O–H groups in total. The standard InChI is InChI=1S/C9H9ClFN3S/c10-9-13-6-2-5-15-7(6)8(14-9)12-4-1-3-11/h2,5H,1,3-4H2,(H,12,13,14). The van der Waals surface area contributed by atoms with Gasteiger partial charge in [0.05, 0.1) is 16.9 Å². The second-order valence-corrected chi connectivity index (χ2v) is 4.20. The zero-order valence-electron chi connectivity index (χ0n) is 7.83. The molecule has 0 aliphatic heterocycles. The van der Waals surface area contributed by atoms with Crippen LogP contribution in [-0.4, -0.2) is 23.2 Å². The molecule has 2 aromatic rings. The lowest BCUT2D eigenvalue weighted by molar-refractivity contribution is 0.481. The lowest BCUT2D eigenvalue weighted by atomic mass is 10.4. The number of nitrogens with zero attached hydrogens (tertiary/aromatic N) is 2. The van der Waals surface area contributed by atoms with Crippen molar-refractivity contribution >= 4 is 39.0 Å². The Kier molecular flexibility index (Phi) is 3.33. The summed E-state index contributed by atoms with van der Waals surface area (Å²) in [6, 6.07) is 1.88. The highest BCUT2D eigenvalue weighted by Crippen LogP contribution is 2.26. The summed E-state index contributed by atoms with van der Waals surface area (Å²) < 4.78 is 12.9. The summed E-state index contributed by atoms with van der Waals surface area (Å²) in [5.74, 6) is 0.688. The van der Waals surface area contributed by atoms with E-state index in [2.05, 4.69) is 15.3 Å². The molecule has 0 bridgehead atoms. The Bertz CT molecular complexity index is 460. The molecule has 6 heteroatoms. The van der Waals surface area contributed by atoms with Crippen molar-refractivity contribution < 1.29 is 4.39 Å². The number of fused-ring (bicyclic) bond motifs is 1. The predicted molar refractivity (Wildman–Crippen MR) is 61.5 cm³/mol. The Morgan fingerprint density at radius 1 is 1.47 bits per heavy atom. The van der Waals surface area contributed by atoms with E-state index in [1.54, 1.807) is 11.3 Å². The van der Waals surface area contributed by atoms with Gasteiger partial charge in [0.25, 0.3) is 0 Å². The van der Waals surface area contributed by atoms with E-state index in [1.165, 1.54) is 0 Å². The fraction of sp³-hybridized carbons (Fsp3) is 0.333. The maximum absolute atomic E-state index is 11.9. The molecule has 2 aromatic heterocycles. The molecule has 0 atom stereocenters. The topological polar surface area (TPSA) is 37.8 Å². The fourth-order valence-corrected chi connectivity index (χ4v) is 2.20. The summed E-state index contributed by atoms with van der Waals surface area (Å²) in [5, 5.41) is 5.19. The number of aromatic nitrogens is 2. The summed E-state index contributed by atoms with van der Waals surface area (Å²) in [6.07, 6.45) is 0.467. The maximum Gasteiger partial charge on any atom is 0.224 e. The minimum absolute atomic E-state index is 0.212. The number of rotatable bonds is 4. The van der Waals surface area contributed by atoms with E-state index in [0.717, 1.165) is 10.2 Å². The van der Waals surface area contributed by atoms with Crippen molar-refractivity contribution in [1.82, 2.24) is 9.97 Å². The van der Waals surface area contributed by atoms with Crippen LogP contribution in [0, 0.1) is 0 Å². The van der Waals surface area contributed by atoms with Crippen molar-refractivity contribution in [3.63, 3.8) is 0 Å². The molecule has 3 nitrogen and oxygen atoms in total. The summed E-state index contributed by atoms with van der Waals surface area (Å²) in [4.78, 5) is 8.15. The van der Waals surface area contributed by atoms with Gasteiger partial charge in [0.1, 0.15) is 5.82 Å². The number of anilines is 1. The van der Waals surface area contributed by atoms with Gasteiger partial charge in [0, 0.05) is 6.54 Å². The molecule has 2 rings (SSSR count). The monoisotopic (exact) mass is 245 g/mol. The lowest BCUT2D eigenvalue weighted by Gasteiger charge is -2.04. The second kappa shape index (κ2) is 4.72. The van der Waals surface area contributed by atoms with Gasteiger partial charge in [-0.05, 0) is 29.5 Å². The zero-order chi connectivity index (χ0) is 10.7. The molecule has 0 fully saturated rings. The molecule has 0 radical (unpaired) electrons. The Hall–Kier alpha value is -0.940. The molecule has 0 unspecified atom stereocenters. The van der Waals surface area contributed by atoms with Gasteiger partial charge in [-0.2, -0.15) is 4.98 Å². The molecule has 2 heterocycles. The van der Waals surface area contributed by atoms with Gasteiger partial charge in [-0.15, -0.1) is 11.3 Å². The van der Waals surface area contributed by atoms with Crippen LogP contribution in [0.3, 0.4) is 0 Å². The van der Waals surface area contributed by atoms with Crippen LogP contribution in [0.4, 0.5) is 10.2 Å². The number of hydrogen-bond donors (Lipinski definition) is 1. The van der Waals surface area contributed by atoms with Crippen LogP contribution in [0.5, 0.6) is 0 Å². The average Bonchev–Trinajstić information content (AvgIpc) is 2.65. The number of halogens is 2. The first-order valence-electron chi connectivity index (χ1n) is 4.52. The van der Waals surface area contributed by atoms with Crippen LogP contribution in [-0.2, 0) is 0 Å². The van der Waals surface area contributed by atoms with E-state index in [-0.39, 0.29) is 12.0 Å². The minimum atomic E-state index is -0.334. The van der Waals surface area contributed by atoms with E-state index in [9.17, 15) is 4.39 Å². The number of alkyl halides is 1. The summed E-state index contributed by atoms with van der Waals surface area (Å²) in [6.45, 7) is 0.218. The number of hydrogen-bond acceptors (Lipinski definition) is 4. The van der Waals surface area contributed by atoms with Crippen molar-refractivity contribution in [2.75, 3.05) is 18.5 Å². The molecule has 0 aliphatic carbocycles. The van der Waals surface area contributed by atoms with Gasteiger partial charge < -0.3 is 5.32 Å². The smallest absolute Gasteiger partial charge is 0.224 e. The van der Waals surface area contributed by atoms with Crippen LogP contribution >= 0.6 is 22.9 Å². The van der Waals surface area contributed by atoms with E-state index in [4.69, 9.17) is 11.6 Å². The van der Waals surface area contributed by atoms with Gasteiger partial charge in [0.15, 0.2) is 0 Å². The SMILES string of the molecule is FCCCNc1nc(Cl)nc2ccsc12. The lowest BCUT2D eigenvalue weighted by Crippen LogP contribution is -2.04. The van der Waals surface area contributed by atoms with Gasteiger partial charge >= 0.3 is 0 Å². The molecular weight excluding hydrogens is 237 g/mol. The van der Waals surface area contributed by atoms with E-state index < -0.39 is 0 Å². The summed E-state index contributed by atoms with van der Waals surface area (Å²) >= 11 is 7.30. The Morgan fingerprint density at radius 2 is 2.33 bits per heavy atom. The van der Waals surface area contributed by atoms with Gasteiger partial charge in [-0.1, -0.05) is 0 Å². The third kappa shape index (κ3) is 2.35. The number of nitrogens with one attached hydrogen (secondary N) is 1. The number of thiophene rings is 1. The molecule has 0 spiro atoms. The van der Waals surface area contributed by atoms with E-state index >= 15 is 0 Å². The third-order valence-electron chi connectivity index (χ3n) is 1.88. The predicted octanol–water partition coefficient (Wildman–Crippen LogP) is 3.12. The van der Waals surface area contributed by atoms with Crippen molar-refractivity contribution in [2.45, 2.75) is 6.42 Å². The normalized spacial score (nSPS) is 10.8. The summed E-state index contributed by atoms with van der Waals surface area (Å²) in [5.41, 5.74) is 0.822. The second-order valence-electron chi connectivity index (χ2n) is 2.95. The first-order chi connectivity index (χ1) is 7.31. The van der Waals surface area contributed by atoms with Crippen molar-refractivity contribution in [3.05, 3.63) is 16.7 Å². The van der Waals surface area contributed by atoms with Crippen LogP contribution in [0.1, 0.15) is 6.42 Å². The van der Waals surface area contributed by atoms with Crippen molar-refractivity contribution in [2.24, 2.45) is 0 Å². The van der Waals surface area contributed by atoms with Crippen molar-refractivity contribution in [1.29, 1.82) is 0 Å². The van der Waals surface area contributed by atoms with Crippen LogP contribution < -0.4 is 5.32 Å². The highest BCUT2D eigenvalue weighted by Gasteiger charge is 2.06. The largest absolute Gasteiger partial charge is 0.369 e. The van der Waals surface area contributed by atoms with Crippen LogP contribution in [0.25, 0.3) is 10.2 Å². The van der Waals surface area contributed by atoms with Gasteiger partial charge in [-0.3, -0.25) is 4.39 Å². The molecular formula is C9H9ClFN3S. The Balaban J connectivity index is 2.27. The Morgan fingerprint density at radius 3 is 3.13 bits per heavy atom.